The predicted octanol–water partition coefficient (Wildman–Crippen LogP) is 1.40. The number of carbonyl (C=O) groups excluding carboxylic acids is 1. The Balaban J connectivity index is 2.63. The van der Waals surface area contributed by atoms with Gasteiger partial charge in [-0.25, -0.2) is 0 Å². The first-order valence-corrected chi connectivity index (χ1v) is 6.24. The highest BCUT2D eigenvalue weighted by atomic mass is 16.5. The van der Waals surface area contributed by atoms with Crippen LogP contribution in [0, 0.1) is 0 Å². The number of benzene rings is 1. The van der Waals surface area contributed by atoms with Gasteiger partial charge in [0.05, 0.1) is 6.04 Å². The Kier molecular flexibility index (Phi) is 5.82. The second-order valence-electron chi connectivity index (χ2n) is 4.29. The summed E-state index contributed by atoms with van der Waals surface area (Å²) in [6.45, 7) is 4.25. The van der Waals surface area contributed by atoms with Crippen molar-refractivity contribution >= 4 is 5.91 Å². The van der Waals surface area contributed by atoms with E-state index in [0.29, 0.717) is 0 Å². The summed E-state index contributed by atoms with van der Waals surface area (Å²) < 4.78 is 5.00. The number of ether oxygens (including phenoxy) is 1. The highest BCUT2D eigenvalue weighted by molar-refractivity contribution is 5.81. The van der Waals surface area contributed by atoms with Crippen LogP contribution in [0.4, 0.5) is 0 Å². The van der Waals surface area contributed by atoms with E-state index in [1.54, 1.807) is 0 Å². The minimum absolute atomic E-state index is 0.0485. The van der Waals surface area contributed by atoms with Gasteiger partial charge in [-0.15, -0.1) is 0 Å². The molecule has 0 aromatic heterocycles. The first-order valence-electron chi connectivity index (χ1n) is 6.24. The fraction of sp³-hybridized carbons (Fsp3) is 0.500. The maximum Gasteiger partial charge on any atom is 0.250 e. The van der Waals surface area contributed by atoms with E-state index in [4.69, 9.17) is 10.5 Å². The Morgan fingerprint density at radius 3 is 2.44 bits per heavy atom. The Morgan fingerprint density at radius 1 is 1.39 bits per heavy atom. The Hall–Kier alpha value is -1.39. The lowest BCUT2D eigenvalue weighted by Crippen LogP contribution is -2.41. The number of hydrogen-bond donors (Lipinski definition) is 2. The van der Waals surface area contributed by atoms with E-state index in [9.17, 15) is 4.79 Å². The molecule has 3 N–H and O–H groups in total. The normalized spacial score (nSPS) is 14.0. The molecule has 0 aliphatic rings. The van der Waals surface area contributed by atoms with Gasteiger partial charge in [-0.2, -0.15) is 0 Å². The van der Waals surface area contributed by atoms with Crippen LogP contribution in [0.5, 0.6) is 0 Å². The predicted molar refractivity (Wildman–Crippen MR) is 72.2 cm³/mol. The summed E-state index contributed by atoms with van der Waals surface area (Å²) in [5, 5.41) is 2.89. The molecule has 1 aromatic rings. The van der Waals surface area contributed by atoms with Crippen LogP contribution in [-0.2, 0) is 16.0 Å². The first-order chi connectivity index (χ1) is 8.62. The molecule has 0 aliphatic carbocycles. The number of nitrogens with two attached hydrogens (primary N) is 1. The molecule has 0 heterocycles. The van der Waals surface area contributed by atoms with Crippen LogP contribution in [0.2, 0.25) is 0 Å². The van der Waals surface area contributed by atoms with Crippen LogP contribution in [0.1, 0.15) is 31.0 Å². The molecule has 4 heteroatoms. The molecule has 0 aliphatic heterocycles. The topological polar surface area (TPSA) is 64.4 Å². The molecule has 2 atom stereocenters. The van der Waals surface area contributed by atoms with Crippen molar-refractivity contribution in [3.63, 3.8) is 0 Å². The monoisotopic (exact) mass is 250 g/mol. The van der Waals surface area contributed by atoms with Crippen molar-refractivity contribution < 1.29 is 9.53 Å². The quantitative estimate of drug-likeness (QED) is 0.802. The molecule has 0 spiro atoms. The fourth-order valence-corrected chi connectivity index (χ4v) is 1.74. The lowest BCUT2D eigenvalue weighted by molar-refractivity contribution is -0.131. The largest absolute Gasteiger partial charge is 0.370 e. The van der Waals surface area contributed by atoms with Gasteiger partial charge in [0, 0.05) is 13.7 Å². The van der Waals surface area contributed by atoms with Crippen molar-refractivity contribution in [2.75, 3.05) is 13.7 Å². The number of carbonyl (C=O) groups is 1. The molecule has 0 saturated heterocycles. The van der Waals surface area contributed by atoms with Crippen molar-refractivity contribution in [1.29, 1.82) is 0 Å². The van der Waals surface area contributed by atoms with Crippen LogP contribution < -0.4 is 11.1 Å². The van der Waals surface area contributed by atoms with Crippen molar-refractivity contribution in [1.82, 2.24) is 5.32 Å². The maximum absolute atomic E-state index is 11.8. The molecule has 1 rings (SSSR count). The molecular weight excluding hydrogens is 228 g/mol. The zero-order chi connectivity index (χ0) is 13.5. The highest BCUT2D eigenvalue weighted by Crippen LogP contribution is 2.14. The average molecular weight is 250 g/mol. The van der Waals surface area contributed by atoms with Crippen LogP contribution in [0.25, 0.3) is 0 Å². The maximum atomic E-state index is 11.8. The lowest BCUT2D eigenvalue weighted by atomic mass is 10.0. The molecule has 0 fully saturated rings. The summed E-state index contributed by atoms with van der Waals surface area (Å²) in [4.78, 5) is 11.8. The molecular formula is C14H22N2O2. The van der Waals surface area contributed by atoms with Gasteiger partial charge in [-0.3, -0.25) is 4.79 Å². The standard InChI is InChI=1S/C14H22N2O2/c1-4-11-5-7-12(8-6-11)10(2)16-14(17)13(9-15)18-3/h5-8,10,13H,4,9,15H2,1-3H3,(H,16,17). The van der Waals surface area contributed by atoms with Gasteiger partial charge in [0.25, 0.3) is 5.91 Å². The molecule has 0 saturated carbocycles. The number of amides is 1. The molecule has 4 nitrogen and oxygen atoms in total. The third-order valence-corrected chi connectivity index (χ3v) is 3.04. The molecule has 0 radical (unpaired) electrons. The van der Waals surface area contributed by atoms with Crippen molar-refractivity contribution in [3.05, 3.63) is 35.4 Å². The summed E-state index contributed by atoms with van der Waals surface area (Å²) in [6.07, 6.45) is 0.433. The zero-order valence-electron chi connectivity index (χ0n) is 11.3. The van der Waals surface area contributed by atoms with Crippen molar-refractivity contribution in [2.24, 2.45) is 5.73 Å². The molecule has 100 valence electrons. The second-order valence-corrected chi connectivity index (χ2v) is 4.29. The van der Waals surface area contributed by atoms with Crippen LogP contribution >= 0.6 is 0 Å². The Labute approximate surface area is 109 Å². The van der Waals surface area contributed by atoms with Gasteiger partial charge in [0.15, 0.2) is 0 Å². The number of rotatable bonds is 6. The van der Waals surface area contributed by atoms with Crippen LogP contribution in [-0.4, -0.2) is 25.7 Å². The van der Waals surface area contributed by atoms with Gasteiger partial charge < -0.3 is 15.8 Å². The Morgan fingerprint density at radius 2 is 2.00 bits per heavy atom. The van der Waals surface area contributed by atoms with Crippen LogP contribution in [0.3, 0.4) is 0 Å². The minimum atomic E-state index is -0.581. The number of aryl methyl sites for hydroxylation is 1. The molecule has 1 amide bonds. The fourth-order valence-electron chi connectivity index (χ4n) is 1.74. The Bertz CT molecular complexity index is 372. The summed E-state index contributed by atoms with van der Waals surface area (Å²) in [5.41, 5.74) is 7.81. The highest BCUT2D eigenvalue weighted by Gasteiger charge is 2.18. The molecule has 1 aromatic carbocycles. The van der Waals surface area contributed by atoms with Crippen LogP contribution in [0.15, 0.2) is 24.3 Å². The summed E-state index contributed by atoms with van der Waals surface area (Å²) >= 11 is 0. The van der Waals surface area contributed by atoms with E-state index in [1.807, 2.05) is 19.1 Å². The van der Waals surface area contributed by atoms with Gasteiger partial charge in [0.1, 0.15) is 6.10 Å². The SMILES string of the molecule is CCc1ccc(C(C)NC(=O)C(CN)OC)cc1. The van der Waals surface area contributed by atoms with Gasteiger partial charge in [-0.05, 0) is 24.5 Å². The lowest BCUT2D eigenvalue weighted by Gasteiger charge is -2.18. The average Bonchev–Trinajstić information content (AvgIpc) is 2.40. The number of nitrogens with one attached hydrogen (secondary N) is 1. The summed E-state index contributed by atoms with van der Waals surface area (Å²) in [5.74, 6) is -0.174. The molecule has 0 bridgehead atoms. The second kappa shape index (κ2) is 7.13. The third kappa shape index (κ3) is 3.82. The van der Waals surface area contributed by atoms with Crippen molar-refractivity contribution in [2.45, 2.75) is 32.4 Å². The third-order valence-electron chi connectivity index (χ3n) is 3.04. The molecule has 18 heavy (non-hydrogen) atoms. The zero-order valence-corrected chi connectivity index (χ0v) is 11.3. The van der Waals surface area contributed by atoms with E-state index >= 15 is 0 Å². The van der Waals surface area contributed by atoms with E-state index < -0.39 is 6.10 Å². The van der Waals surface area contributed by atoms with E-state index in [0.717, 1.165) is 12.0 Å². The smallest absolute Gasteiger partial charge is 0.250 e. The van der Waals surface area contributed by atoms with Gasteiger partial charge >= 0.3 is 0 Å². The summed E-state index contributed by atoms with van der Waals surface area (Å²) in [6, 6.07) is 8.18. The number of methoxy groups -OCH3 is 1. The van der Waals surface area contributed by atoms with Gasteiger partial charge in [0.2, 0.25) is 0 Å². The van der Waals surface area contributed by atoms with E-state index in [1.165, 1.54) is 12.7 Å². The van der Waals surface area contributed by atoms with Gasteiger partial charge in [-0.1, -0.05) is 31.2 Å². The van der Waals surface area contributed by atoms with E-state index in [2.05, 4.69) is 24.4 Å². The van der Waals surface area contributed by atoms with E-state index in [-0.39, 0.29) is 18.5 Å². The summed E-state index contributed by atoms with van der Waals surface area (Å²) in [7, 11) is 1.48. The number of hydrogen-bond acceptors (Lipinski definition) is 3. The minimum Gasteiger partial charge on any atom is -0.370 e. The van der Waals surface area contributed by atoms with Crippen molar-refractivity contribution in [3.8, 4) is 0 Å². The molecule has 2 unspecified atom stereocenters. The first kappa shape index (κ1) is 14.7.